The molecule has 0 spiro atoms. The number of carbonyl (C=O) groups is 1. The maximum absolute atomic E-state index is 12.2. The predicted octanol–water partition coefficient (Wildman–Crippen LogP) is 3.10. The van der Waals surface area contributed by atoms with E-state index in [0.29, 0.717) is 11.4 Å². The van der Waals surface area contributed by atoms with Crippen LogP contribution in [-0.4, -0.2) is 42.0 Å². The molecule has 0 atom stereocenters. The lowest BCUT2D eigenvalue weighted by atomic mass is 9.74. The topological polar surface area (TPSA) is 23.6 Å². The normalized spacial score (nSPS) is 24.1. The Bertz CT molecular complexity index is 257. The van der Waals surface area contributed by atoms with Gasteiger partial charge in [-0.05, 0) is 31.1 Å². The Hall–Kier alpha value is -0.730. The van der Waals surface area contributed by atoms with Crippen molar-refractivity contribution in [3.8, 4) is 0 Å². The van der Waals surface area contributed by atoms with Crippen LogP contribution in [0.2, 0.25) is 0 Å². The van der Waals surface area contributed by atoms with Gasteiger partial charge in [-0.3, -0.25) is 0 Å². The lowest BCUT2D eigenvalue weighted by molar-refractivity contribution is 0.0939. The smallest absolute Gasteiger partial charge is 0.319 e. The van der Waals surface area contributed by atoms with Crippen molar-refractivity contribution in [2.75, 3.05) is 26.2 Å². The number of urea groups is 1. The van der Waals surface area contributed by atoms with Gasteiger partial charge in [-0.25, -0.2) is 4.79 Å². The van der Waals surface area contributed by atoms with Crippen molar-refractivity contribution in [2.24, 2.45) is 5.41 Å². The molecule has 2 aliphatic rings. The number of piperidine rings is 1. The summed E-state index contributed by atoms with van der Waals surface area (Å²) in [5.41, 5.74) is 0.516. The first-order valence-corrected chi connectivity index (χ1v) is 7.24. The van der Waals surface area contributed by atoms with Crippen LogP contribution in [0.5, 0.6) is 0 Å². The van der Waals surface area contributed by atoms with Crippen LogP contribution in [0.1, 0.15) is 52.4 Å². The van der Waals surface area contributed by atoms with Crippen LogP contribution in [0.3, 0.4) is 0 Å². The van der Waals surface area contributed by atoms with E-state index < -0.39 is 0 Å². The summed E-state index contributed by atoms with van der Waals surface area (Å²) in [4.78, 5) is 16.4. The molecular weight excluding hydrogens is 212 g/mol. The predicted molar refractivity (Wildman–Crippen MR) is 70.0 cm³/mol. The fraction of sp³-hybridized carbons (Fsp3) is 0.929. The van der Waals surface area contributed by atoms with E-state index in [1.165, 1.54) is 38.5 Å². The van der Waals surface area contributed by atoms with Crippen molar-refractivity contribution in [3.05, 3.63) is 0 Å². The first-order valence-electron chi connectivity index (χ1n) is 7.24. The van der Waals surface area contributed by atoms with Gasteiger partial charge in [0.1, 0.15) is 0 Å². The molecular formula is C14H26N2O. The molecule has 2 rings (SSSR count). The van der Waals surface area contributed by atoms with Crippen molar-refractivity contribution >= 4 is 6.03 Å². The van der Waals surface area contributed by atoms with Gasteiger partial charge in [-0.1, -0.05) is 26.7 Å². The number of carbonyl (C=O) groups excluding carboxylic acids is 1. The summed E-state index contributed by atoms with van der Waals surface area (Å²) in [5.74, 6) is 0. The zero-order chi connectivity index (χ0) is 12.3. The summed E-state index contributed by atoms with van der Waals surface area (Å²) in [6.07, 6.45) is 7.28. The molecule has 2 aliphatic heterocycles. The third-order valence-corrected chi connectivity index (χ3v) is 4.97. The lowest BCUT2D eigenvalue weighted by Crippen LogP contribution is -2.48. The molecule has 17 heavy (non-hydrogen) atoms. The molecule has 2 heterocycles. The van der Waals surface area contributed by atoms with Crippen molar-refractivity contribution in [2.45, 2.75) is 52.4 Å². The van der Waals surface area contributed by atoms with Crippen LogP contribution < -0.4 is 0 Å². The second-order valence-corrected chi connectivity index (χ2v) is 5.67. The molecule has 0 N–H and O–H groups in total. The van der Waals surface area contributed by atoms with Crippen LogP contribution in [0.15, 0.2) is 0 Å². The van der Waals surface area contributed by atoms with Gasteiger partial charge >= 0.3 is 6.03 Å². The van der Waals surface area contributed by atoms with Crippen molar-refractivity contribution < 1.29 is 4.79 Å². The molecule has 0 aromatic heterocycles. The van der Waals surface area contributed by atoms with Crippen LogP contribution in [-0.2, 0) is 0 Å². The van der Waals surface area contributed by atoms with Gasteiger partial charge in [-0.2, -0.15) is 0 Å². The average Bonchev–Trinajstić information content (AvgIpc) is 2.92. The number of hydrogen-bond acceptors (Lipinski definition) is 1. The molecule has 0 radical (unpaired) electrons. The first-order chi connectivity index (χ1) is 8.21. The van der Waals surface area contributed by atoms with Gasteiger partial charge in [0.25, 0.3) is 0 Å². The summed E-state index contributed by atoms with van der Waals surface area (Å²) < 4.78 is 0. The summed E-state index contributed by atoms with van der Waals surface area (Å²) in [6.45, 7) is 8.47. The summed E-state index contributed by atoms with van der Waals surface area (Å²) in [6, 6.07) is 0.295. The van der Waals surface area contributed by atoms with Crippen LogP contribution in [0.25, 0.3) is 0 Å². The highest BCUT2D eigenvalue weighted by Gasteiger charge is 2.34. The van der Waals surface area contributed by atoms with E-state index in [9.17, 15) is 4.79 Å². The van der Waals surface area contributed by atoms with E-state index in [1.807, 2.05) is 4.90 Å². The van der Waals surface area contributed by atoms with E-state index in [1.54, 1.807) is 0 Å². The van der Waals surface area contributed by atoms with Gasteiger partial charge in [0.15, 0.2) is 0 Å². The number of rotatable bonds is 2. The van der Waals surface area contributed by atoms with Gasteiger partial charge < -0.3 is 9.80 Å². The van der Waals surface area contributed by atoms with Crippen LogP contribution in [0.4, 0.5) is 4.79 Å². The number of hydrogen-bond donors (Lipinski definition) is 0. The average molecular weight is 238 g/mol. The summed E-state index contributed by atoms with van der Waals surface area (Å²) in [7, 11) is 0. The molecule has 2 saturated heterocycles. The largest absolute Gasteiger partial charge is 0.325 e. The fourth-order valence-corrected chi connectivity index (χ4v) is 3.24. The molecule has 0 saturated carbocycles. The Balaban J connectivity index is 1.87. The van der Waals surface area contributed by atoms with Gasteiger partial charge in [-0.15, -0.1) is 0 Å². The standard InChI is InChI=1S/C14H26N2O/c1-3-14(4-2)7-11-16(12-8-14)13(17)15-9-5-6-10-15/h3-12H2,1-2H3. The minimum absolute atomic E-state index is 0.295. The van der Waals surface area contributed by atoms with Crippen LogP contribution >= 0.6 is 0 Å². The highest BCUT2D eigenvalue weighted by molar-refractivity contribution is 5.74. The monoisotopic (exact) mass is 238 g/mol. The molecule has 98 valence electrons. The number of amides is 2. The van der Waals surface area contributed by atoms with Gasteiger partial charge in [0, 0.05) is 26.2 Å². The third-order valence-electron chi connectivity index (χ3n) is 4.97. The second-order valence-electron chi connectivity index (χ2n) is 5.67. The molecule has 0 aromatic rings. The summed E-state index contributed by atoms with van der Waals surface area (Å²) >= 11 is 0. The van der Waals surface area contributed by atoms with Crippen molar-refractivity contribution in [3.63, 3.8) is 0 Å². The SMILES string of the molecule is CCC1(CC)CCN(C(=O)N2CCCC2)CC1. The highest BCUT2D eigenvalue weighted by atomic mass is 16.2. The Kier molecular flexibility index (Phi) is 3.95. The molecule has 3 nitrogen and oxygen atoms in total. The highest BCUT2D eigenvalue weighted by Crippen LogP contribution is 2.38. The Morgan fingerprint density at radius 1 is 0.941 bits per heavy atom. The van der Waals surface area contributed by atoms with E-state index in [0.717, 1.165) is 26.2 Å². The molecule has 0 bridgehead atoms. The zero-order valence-electron chi connectivity index (χ0n) is 11.4. The molecule has 2 amide bonds. The van der Waals surface area contributed by atoms with E-state index in [2.05, 4.69) is 18.7 Å². The van der Waals surface area contributed by atoms with E-state index in [-0.39, 0.29) is 0 Å². The maximum Gasteiger partial charge on any atom is 0.319 e. The molecule has 0 unspecified atom stereocenters. The Labute approximate surface area is 105 Å². The quantitative estimate of drug-likeness (QED) is 0.725. The summed E-state index contributed by atoms with van der Waals surface area (Å²) in [5, 5.41) is 0. The fourth-order valence-electron chi connectivity index (χ4n) is 3.24. The van der Waals surface area contributed by atoms with Crippen LogP contribution in [0, 0.1) is 5.41 Å². The maximum atomic E-state index is 12.2. The molecule has 0 aromatic carbocycles. The number of nitrogens with zero attached hydrogens (tertiary/aromatic N) is 2. The Morgan fingerprint density at radius 3 is 1.88 bits per heavy atom. The van der Waals surface area contributed by atoms with Gasteiger partial charge in [0.2, 0.25) is 0 Å². The minimum atomic E-state index is 0.295. The van der Waals surface area contributed by atoms with E-state index >= 15 is 0 Å². The third kappa shape index (κ3) is 2.58. The first kappa shape index (κ1) is 12.7. The van der Waals surface area contributed by atoms with Gasteiger partial charge in [0.05, 0.1) is 0 Å². The second kappa shape index (κ2) is 5.28. The van der Waals surface area contributed by atoms with Crippen molar-refractivity contribution in [1.82, 2.24) is 9.80 Å². The molecule has 2 fully saturated rings. The van der Waals surface area contributed by atoms with Crippen molar-refractivity contribution in [1.29, 1.82) is 0 Å². The number of likely N-dealkylation sites (tertiary alicyclic amines) is 2. The Morgan fingerprint density at radius 2 is 1.41 bits per heavy atom. The zero-order valence-corrected chi connectivity index (χ0v) is 11.4. The minimum Gasteiger partial charge on any atom is -0.325 e. The lowest BCUT2D eigenvalue weighted by Gasteiger charge is -2.42. The molecule has 0 aliphatic carbocycles. The van der Waals surface area contributed by atoms with E-state index in [4.69, 9.17) is 0 Å². The molecule has 3 heteroatoms.